The maximum absolute atomic E-state index is 13.2. The number of nitrogens with two attached hydrogens (primary N) is 1. The molecule has 0 saturated heterocycles. The van der Waals surface area contributed by atoms with E-state index in [1.54, 1.807) is 0 Å². The molecule has 4 N–H and O–H groups in total. The van der Waals surface area contributed by atoms with E-state index in [1.165, 1.54) is 0 Å². The van der Waals surface area contributed by atoms with Crippen molar-refractivity contribution in [3.63, 3.8) is 0 Å². The van der Waals surface area contributed by atoms with Gasteiger partial charge in [0.15, 0.2) is 0 Å². The van der Waals surface area contributed by atoms with E-state index in [9.17, 15) is 17.9 Å². The van der Waals surface area contributed by atoms with E-state index in [0.717, 1.165) is 25.0 Å². The summed E-state index contributed by atoms with van der Waals surface area (Å²) in [6.07, 6.45) is 2.78. The van der Waals surface area contributed by atoms with Crippen LogP contribution in [0.3, 0.4) is 0 Å². The molecule has 0 amide bonds. The molecular weight excluding hydrogens is 307 g/mol. The van der Waals surface area contributed by atoms with Crippen molar-refractivity contribution in [2.24, 2.45) is 0 Å². The SMILES string of the molecule is Nc1cc(S(=O)(=O)NC2(CO)CCCC2)c(Cl)cc1F. The topological polar surface area (TPSA) is 92.4 Å². The highest BCUT2D eigenvalue weighted by Crippen LogP contribution is 2.33. The van der Waals surface area contributed by atoms with Crippen molar-refractivity contribution in [2.75, 3.05) is 12.3 Å². The molecule has 8 heteroatoms. The molecule has 5 nitrogen and oxygen atoms in total. The van der Waals surface area contributed by atoms with Crippen LogP contribution in [-0.2, 0) is 10.0 Å². The summed E-state index contributed by atoms with van der Waals surface area (Å²) in [6.45, 7) is -0.291. The van der Waals surface area contributed by atoms with Gasteiger partial charge in [0.25, 0.3) is 0 Å². The Hall–Kier alpha value is -0.890. The molecule has 112 valence electrons. The van der Waals surface area contributed by atoms with Crippen LogP contribution in [0.5, 0.6) is 0 Å². The van der Waals surface area contributed by atoms with Gasteiger partial charge in [-0.1, -0.05) is 24.4 Å². The fourth-order valence-electron chi connectivity index (χ4n) is 2.44. The molecule has 1 aromatic rings. The van der Waals surface area contributed by atoms with Crippen LogP contribution in [0, 0.1) is 5.82 Å². The number of halogens is 2. The van der Waals surface area contributed by atoms with E-state index in [2.05, 4.69) is 4.72 Å². The maximum Gasteiger partial charge on any atom is 0.242 e. The monoisotopic (exact) mass is 322 g/mol. The molecule has 1 aliphatic carbocycles. The van der Waals surface area contributed by atoms with Gasteiger partial charge >= 0.3 is 0 Å². The minimum absolute atomic E-state index is 0.240. The lowest BCUT2D eigenvalue weighted by Gasteiger charge is -2.27. The smallest absolute Gasteiger partial charge is 0.242 e. The van der Waals surface area contributed by atoms with Gasteiger partial charge in [-0.25, -0.2) is 17.5 Å². The summed E-state index contributed by atoms with van der Waals surface area (Å²) in [5, 5.41) is 9.21. The Kier molecular flexibility index (Phi) is 4.24. The Bertz CT molecular complexity index is 615. The molecule has 0 aliphatic heterocycles. The molecule has 0 spiro atoms. The maximum atomic E-state index is 13.2. The van der Waals surface area contributed by atoms with Gasteiger partial charge in [-0.05, 0) is 25.0 Å². The quantitative estimate of drug-likeness (QED) is 0.735. The first-order valence-electron chi connectivity index (χ1n) is 6.19. The molecule has 0 bridgehead atoms. The Balaban J connectivity index is 2.38. The van der Waals surface area contributed by atoms with Gasteiger partial charge in [0.05, 0.1) is 22.9 Å². The Labute approximate surface area is 122 Å². The van der Waals surface area contributed by atoms with Crippen LogP contribution in [0.2, 0.25) is 5.02 Å². The van der Waals surface area contributed by atoms with Crippen LogP contribution in [0.4, 0.5) is 10.1 Å². The molecule has 20 heavy (non-hydrogen) atoms. The number of rotatable bonds is 4. The minimum Gasteiger partial charge on any atom is -0.396 e. The third kappa shape index (κ3) is 2.90. The lowest BCUT2D eigenvalue weighted by atomic mass is 10.0. The number of benzene rings is 1. The van der Waals surface area contributed by atoms with Crippen LogP contribution in [0.25, 0.3) is 0 Å². The molecule has 1 aliphatic rings. The van der Waals surface area contributed by atoms with Gasteiger partial charge in [-0.3, -0.25) is 0 Å². The second-order valence-electron chi connectivity index (χ2n) is 5.06. The largest absolute Gasteiger partial charge is 0.396 e. The fourth-order valence-corrected chi connectivity index (χ4v) is 4.44. The van der Waals surface area contributed by atoms with Crippen molar-refractivity contribution in [1.82, 2.24) is 4.72 Å². The average molecular weight is 323 g/mol. The third-order valence-corrected chi connectivity index (χ3v) is 5.60. The summed E-state index contributed by atoms with van der Waals surface area (Å²) < 4.78 is 40.4. The first-order valence-corrected chi connectivity index (χ1v) is 8.05. The normalized spacial score (nSPS) is 18.4. The summed E-state index contributed by atoms with van der Waals surface area (Å²) in [5.74, 6) is -0.772. The average Bonchev–Trinajstić information content (AvgIpc) is 2.82. The molecule has 0 radical (unpaired) electrons. The van der Waals surface area contributed by atoms with Gasteiger partial charge in [0, 0.05) is 0 Å². The van der Waals surface area contributed by atoms with Crippen LogP contribution in [0.1, 0.15) is 25.7 Å². The molecule has 1 saturated carbocycles. The Morgan fingerprint density at radius 1 is 1.40 bits per heavy atom. The number of sulfonamides is 1. The van der Waals surface area contributed by atoms with E-state index in [4.69, 9.17) is 17.3 Å². The highest BCUT2D eigenvalue weighted by molar-refractivity contribution is 7.89. The van der Waals surface area contributed by atoms with Crippen molar-refractivity contribution in [2.45, 2.75) is 36.1 Å². The summed E-state index contributed by atoms with van der Waals surface area (Å²) in [6, 6.07) is 1.85. The van der Waals surface area contributed by atoms with E-state index >= 15 is 0 Å². The highest BCUT2D eigenvalue weighted by atomic mass is 35.5. The summed E-state index contributed by atoms with van der Waals surface area (Å²) in [5.41, 5.74) is 4.22. The lowest BCUT2D eigenvalue weighted by Crippen LogP contribution is -2.49. The number of nitrogens with one attached hydrogen (secondary N) is 1. The van der Waals surface area contributed by atoms with Crippen molar-refractivity contribution < 1.29 is 17.9 Å². The molecule has 1 fully saturated rings. The number of hydrogen-bond donors (Lipinski definition) is 3. The summed E-state index contributed by atoms with van der Waals surface area (Å²) in [4.78, 5) is -0.280. The second kappa shape index (κ2) is 5.48. The van der Waals surface area contributed by atoms with Gasteiger partial charge in [0.2, 0.25) is 10.0 Å². The lowest BCUT2D eigenvalue weighted by molar-refractivity contribution is 0.185. The zero-order valence-electron chi connectivity index (χ0n) is 10.7. The van der Waals surface area contributed by atoms with E-state index < -0.39 is 21.4 Å². The number of aliphatic hydroxyl groups is 1. The number of aliphatic hydroxyl groups excluding tert-OH is 1. The van der Waals surface area contributed by atoms with Gasteiger partial charge in [0.1, 0.15) is 10.7 Å². The zero-order valence-corrected chi connectivity index (χ0v) is 12.3. The third-order valence-electron chi connectivity index (χ3n) is 3.55. The fraction of sp³-hybridized carbons (Fsp3) is 0.500. The van der Waals surface area contributed by atoms with E-state index in [-0.39, 0.29) is 22.2 Å². The first kappa shape index (κ1) is 15.5. The minimum atomic E-state index is -3.97. The van der Waals surface area contributed by atoms with Gasteiger partial charge < -0.3 is 10.8 Å². The molecule has 2 rings (SSSR count). The zero-order chi connectivity index (χ0) is 15.0. The molecule has 1 aromatic carbocycles. The molecule has 0 aromatic heterocycles. The second-order valence-corrected chi connectivity index (χ2v) is 7.11. The summed E-state index contributed by atoms with van der Waals surface area (Å²) in [7, 11) is -3.97. The van der Waals surface area contributed by atoms with Crippen molar-refractivity contribution in [3.05, 3.63) is 23.0 Å². The number of anilines is 1. The van der Waals surface area contributed by atoms with Gasteiger partial charge in [-0.2, -0.15) is 0 Å². The molecule has 0 heterocycles. The molecular formula is C12H16ClFN2O3S. The van der Waals surface area contributed by atoms with Crippen LogP contribution < -0.4 is 10.5 Å². The predicted octanol–water partition coefficient (Wildman–Crippen LogP) is 1.64. The van der Waals surface area contributed by atoms with Crippen molar-refractivity contribution in [3.8, 4) is 0 Å². The van der Waals surface area contributed by atoms with Crippen LogP contribution in [0.15, 0.2) is 17.0 Å². The number of nitrogen functional groups attached to an aromatic ring is 1. The van der Waals surface area contributed by atoms with Crippen LogP contribution in [-0.4, -0.2) is 25.7 Å². The Morgan fingerprint density at radius 3 is 2.55 bits per heavy atom. The van der Waals surface area contributed by atoms with Gasteiger partial charge in [-0.15, -0.1) is 0 Å². The van der Waals surface area contributed by atoms with Crippen molar-refractivity contribution in [1.29, 1.82) is 0 Å². The number of hydrogen-bond acceptors (Lipinski definition) is 4. The van der Waals surface area contributed by atoms with E-state index in [0.29, 0.717) is 12.8 Å². The summed E-state index contributed by atoms with van der Waals surface area (Å²) >= 11 is 5.78. The van der Waals surface area contributed by atoms with E-state index in [1.807, 2.05) is 0 Å². The van der Waals surface area contributed by atoms with Crippen LogP contribution >= 0.6 is 11.6 Å². The predicted molar refractivity (Wildman–Crippen MR) is 74.4 cm³/mol. The Morgan fingerprint density at radius 2 is 2.00 bits per heavy atom. The first-order chi connectivity index (χ1) is 9.30. The van der Waals surface area contributed by atoms with Crippen molar-refractivity contribution >= 4 is 27.3 Å². The highest BCUT2D eigenvalue weighted by Gasteiger charge is 2.38. The standard InChI is InChI=1S/C12H16ClFN2O3S/c13-8-5-9(14)10(15)6-11(8)20(18,19)16-12(7-17)3-1-2-4-12/h5-6,16-17H,1-4,7,15H2. The molecule has 0 atom stereocenters. The molecule has 0 unspecified atom stereocenters.